The molecule has 6 heteroatoms. The van der Waals surface area contributed by atoms with Gasteiger partial charge >= 0.3 is 0 Å². The van der Waals surface area contributed by atoms with Gasteiger partial charge in [0.15, 0.2) is 0 Å². The summed E-state index contributed by atoms with van der Waals surface area (Å²) >= 11 is 0. The van der Waals surface area contributed by atoms with Crippen LogP contribution in [0.5, 0.6) is 0 Å². The first-order chi connectivity index (χ1) is 11.6. The molecule has 2 aromatic rings. The van der Waals surface area contributed by atoms with E-state index in [0.29, 0.717) is 12.5 Å². The molecule has 126 valence electrons. The summed E-state index contributed by atoms with van der Waals surface area (Å²) in [4.78, 5) is 18.4. The highest BCUT2D eigenvalue weighted by Gasteiger charge is 2.39. The molecule has 0 amide bonds. The van der Waals surface area contributed by atoms with Gasteiger partial charge in [0.25, 0.3) is 5.56 Å². The van der Waals surface area contributed by atoms with Gasteiger partial charge in [0.2, 0.25) is 0 Å². The van der Waals surface area contributed by atoms with E-state index in [-0.39, 0.29) is 5.56 Å². The zero-order chi connectivity index (χ0) is 16.6. The molecule has 0 radical (unpaired) electrons. The number of pyridine rings is 1. The van der Waals surface area contributed by atoms with Crippen LogP contribution in [-0.2, 0) is 6.54 Å². The lowest BCUT2D eigenvalue weighted by atomic mass is 9.79. The molecule has 1 aliphatic carbocycles. The van der Waals surface area contributed by atoms with Gasteiger partial charge in [0, 0.05) is 49.6 Å². The van der Waals surface area contributed by atoms with Crippen LogP contribution in [0.15, 0.2) is 41.5 Å². The lowest BCUT2D eigenvalue weighted by Gasteiger charge is -2.47. The summed E-state index contributed by atoms with van der Waals surface area (Å²) in [6.07, 6.45) is 6.42. The molecule has 1 N–H and O–H groups in total. The highest BCUT2D eigenvalue weighted by Crippen LogP contribution is 2.34. The monoisotopic (exact) mass is 326 g/mol. The van der Waals surface area contributed by atoms with Crippen molar-refractivity contribution < 1.29 is 5.11 Å². The van der Waals surface area contributed by atoms with Crippen LogP contribution in [0.1, 0.15) is 19.3 Å². The lowest BCUT2D eigenvalue weighted by molar-refractivity contribution is -0.0819. The van der Waals surface area contributed by atoms with Gasteiger partial charge in [0.1, 0.15) is 0 Å². The van der Waals surface area contributed by atoms with E-state index in [4.69, 9.17) is 0 Å². The van der Waals surface area contributed by atoms with E-state index < -0.39 is 5.60 Å². The van der Waals surface area contributed by atoms with Gasteiger partial charge in [-0.15, -0.1) is 0 Å². The molecule has 0 spiro atoms. The predicted octanol–water partition coefficient (Wildman–Crippen LogP) is 1.15. The Morgan fingerprint density at radius 1 is 1.17 bits per heavy atom. The molecule has 0 aromatic carbocycles. The number of aliphatic hydroxyl groups is 1. The minimum atomic E-state index is -0.457. The Hall–Kier alpha value is -2.05. The van der Waals surface area contributed by atoms with E-state index in [9.17, 15) is 9.90 Å². The number of nitrogens with zero attached hydrogens (tertiary/aromatic N) is 4. The fourth-order valence-corrected chi connectivity index (χ4v) is 3.58. The first kappa shape index (κ1) is 15.5. The second-order valence-electron chi connectivity index (χ2n) is 7.11. The van der Waals surface area contributed by atoms with Crippen LogP contribution in [-0.4, -0.2) is 50.0 Å². The van der Waals surface area contributed by atoms with Crippen molar-refractivity contribution in [1.82, 2.24) is 19.7 Å². The summed E-state index contributed by atoms with van der Waals surface area (Å²) in [5.41, 5.74) is 1.23. The van der Waals surface area contributed by atoms with Gasteiger partial charge in [-0.3, -0.25) is 14.7 Å². The van der Waals surface area contributed by atoms with Crippen LogP contribution < -0.4 is 5.56 Å². The largest absolute Gasteiger partial charge is 0.389 e. The predicted molar refractivity (Wildman–Crippen MR) is 90.5 cm³/mol. The minimum absolute atomic E-state index is 0.0659. The van der Waals surface area contributed by atoms with Crippen LogP contribution >= 0.6 is 0 Å². The van der Waals surface area contributed by atoms with Crippen LogP contribution in [0, 0.1) is 5.92 Å². The Labute approximate surface area is 140 Å². The third kappa shape index (κ3) is 3.12. The summed E-state index contributed by atoms with van der Waals surface area (Å²) in [6.45, 7) is 3.25. The van der Waals surface area contributed by atoms with Crippen molar-refractivity contribution >= 4 is 0 Å². The van der Waals surface area contributed by atoms with Crippen molar-refractivity contribution in [3.63, 3.8) is 0 Å². The molecule has 1 saturated carbocycles. The summed E-state index contributed by atoms with van der Waals surface area (Å²) in [6, 6.07) is 7.12. The zero-order valence-electron chi connectivity index (χ0n) is 13.6. The van der Waals surface area contributed by atoms with Crippen molar-refractivity contribution in [3.8, 4) is 11.3 Å². The Morgan fingerprint density at radius 3 is 2.58 bits per heavy atom. The molecule has 1 aliphatic heterocycles. The normalized spacial score (nSPS) is 20.4. The van der Waals surface area contributed by atoms with E-state index in [1.54, 1.807) is 29.2 Å². The second kappa shape index (κ2) is 6.11. The van der Waals surface area contributed by atoms with Gasteiger partial charge in [-0.2, -0.15) is 5.10 Å². The Morgan fingerprint density at radius 2 is 1.92 bits per heavy atom. The van der Waals surface area contributed by atoms with Gasteiger partial charge in [-0.1, -0.05) is 0 Å². The molecule has 0 bridgehead atoms. The van der Waals surface area contributed by atoms with Crippen molar-refractivity contribution in [1.29, 1.82) is 0 Å². The van der Waals surface area contributed by atoms with Crippen molar-refractivity contribution in [2.24, 2.45) is 5.92 Å². The topological polar surface area (TPSA) is 71.2 Å². The van der Waals surface area contributed by atoms with E-state index in [1.165, 1.54) is 0 Å². The number of β-amino-alcohol motifs (C(OH)–C–C–N with tert-alkyl or cyclic N) is 1. The molecule has 2 aromatic heterocycles. The van der Waals surface area contributed by atoms with Crippen LogP contribution in [0.4, 0.5) is 0 Å². The van der Waals surface area contributed by atoms with Crippen molar-refractivity contribution in [2.75, 3.05) is 19.6 Å². The van der Waals surface area contributed by atoms with Gasteiger partial charge in [0.05, 0.1) is 17.8 Å². The van der Waals surface area contributed by atoms with E-state index in [0.717, 1.165) is 50.2 Å². The first-order valence-electron chi connectivity index (χ1n) is 8.55. The minimum Gasteiger partial charge on any atom is -0.389 e. The number of hydrogen-bond acceptors (Lipinski definition) is 5. The van der Waals surface area contributed by atoms with Crippen LogP contribution in [0.2, 0.25) is 0 Å². The van der Waals surface area contributed by atoms with Crippen molar-refractivity contribution in [3.05, 3.63) is 47.0 Å². The van der Waals surface area contributed by atoms with E-state index in [1.807, 2.05) is 12.1 Å². The Balaban J connectivity index is 1.39. The summed E-state index contributed by atoms with van der Waals surface area (Å²) in [5.74, 6) is 0.423. The molecule has 2 fully saturated rings. The fourth-order valence-electron chi connectivity index (χ4n) is 3.58. The molecular weight excluding hydrogens is 304 g/mol. The van der Waals surface area contributed by atoms with Gasteiger partial charge in [-0.25, -0.2) is 4.68 Å². The SMILES string of the molecule is O=c1ccc(-c2ccncc2)nn1CC1CN(CC2(O)CCC2)C1. The highest BCUT2D eigenvalue weighted by atomic mass is 16.3. The van der Waals surface area contributed by atoms with Crippen LogP contribution in [0.3, 0.4) is 0 Å². The maximum Gasteiger partial charge on any atom is 0.266 e. The molecule has 6 nitrogen and oxygen atoms in total. The molecule has 0 atom stereocenters. The number of hydrogen-bond donors (Lipinski definition) is 1. The van der Waals surface area contributed by atoms with Gasteiger partial charge < -0.3 is 5.11 Å². The summed E-state index contributed by atoms with van der Waals surface area (Å²) in [5, 5.41) is 14.7. The third-order valence-corrected chi connectivity index (χ3v) is 5.11. The molecule has 4 rings (SSSR count). The standard InChI is InChI=1S/C18H22N4O2/c23-17-3-2-16(15-4-8-19-9-5-15)20-22(17)12-14-10-21(11-14)13-18(24)6-1-7-18/h2-5,8-9,14,24H,1,6-7,10-13H2. The molecule has 3 heterocycles. The lowest BCUT2D eigenvalue weighted by Crippen LogP contribution is -2.57. The first-order valence-corrected chi connectivity index (χ1v) is 8.55. The summed E-state index contributed by atoms with van der Waals surface area (Å²) < 4.78 is 1.57. The number of rotatable bonds is 5. The molecule has 2 aliphatic rings. The number of aromatic nitrogens is 3. The van der Waals surface area contributed by atoms with Crippen LogP contribution in [0.25, 0.3) is 11.3 Å². The molecular formula is C18H22N4O2. The van der Waals surface area contributed by atoms with E-state index in [2.05, 4.69) is 15.0 Å². The van der Waals surface area contributed by atoms with Gasteiger partial charge in [-0.05, 0) is 37.5 Å². The fraction of sp³-hybridized carbons (Fsp3) is 0.500. The molecule has 1 saturated heterocycles. The zero-order valence-corrected chi connectivity index (χ0v) is 13.6. The average Bonchev–Trinajstić information content (AvgIpc) is 2.54. The average molecular weight is 326 g/mol. The molecule has 0 unspecified atom stereocenters. The Bertz CT molecular complexity index is 764. The quantitative estimate of drug-likeness (QED) is 0.892. The summed E-state index contributed by atoms with van der Waals surface area (Å²) in [7, 11) is 0. The number of likely N-dealkylation sites (tertiary alicyclic amines) is 1. The second-order valence-corrected chi connectivity index (χ2v) is 7.11. The smallest absolute Gasteiger partial charge is 0.266 e. The van der Waals surface area contributed by atoms with E-state index >= 15 is 0 Å². The third-order valence-electron chi connectivity index (χ3n) is 5.11. The highest BCUT2D eigenvalue weighted by molar-refractivity contribution is 5.56. The van der Waals surface area contributed by atoms with Crippen molar-refractivity contribution in [2.45, 2.75) is 31.4 Å². The Kier molecular flexibility index (Phi) is 3.94. The maximum absolute atomic E-state index is 12.1. The molecule has 24 heavy (non-hydrogen) atoms. The maximum atomic E-state index is 12.1.